The van der Waals surface area contributed by atoms with Crippen LogP contribution < -0.4 is 5.32 Å². The minimum atomic E-state index is 0.224. The van der Waals surface area contributed by atoms with Crippen molar-refractivity contribution in [2.75, 3.05) is 6.61 Å². The Bertz CT molecular complexity index is 338. The summed E-state index contributed by atoms with van der Waals surface area (Å²) in [7, 11) is 0. The summed E-state index contributed by atoms with van der Waals surface area (Å²) in [4.78, 5) is 0. The van der Waals surface area contributed by atoms with E-state index in [1.165, 1.54) is 24.0 Å². The van der Waals surface area contributed by atoms with Gasteiger partial charge in [0.15, 0.2) is 0 Å². The maximum absolute atomic E-state index is 9.31. The zero-order chi connectivity index (χ0) is 12.3. The molecule has 2 N–H and O–H groups in total. The Morgan fingerprint density at radius 3 is 2.41 bits per heavy atom. The number of hydrogen-bond donors (Lipinski definition) is 2. The number of nitrogens with one attached hydrogen (secondary N) is 1. The molecular formula is C15H23NO. The second kappa shape index (κ2) is 5.65. The molecule has 2 heteroatoms. The zero-order valence-electron chi connectivity index (χ0n) is 10.8. The molecule has 1 aromatic carbocycles. The summed E-state index contributed by atoms with van der Waals surface area (Å²) in [6.45, 7) is 4.46. The van der Waals surface area contributed by atoms with Crippen LogP contribution in [-0.4, -0.2) is 17.8 Å². The predicted molar refractivity (Wildman–Crippen MR) is 70.9 cm³/mol. The fourth-order valence-corrected chi connectivity index (χ4v) is 2.26. The normalized spacial score (nSPS) is 19.0. The molecule has 2 nitrogen and oxygen atoms in total. The molecule has 0 aromatic heterocycles. The van der Waals surface area contributed by atoms with E-state index < -0.39 is 0 Å². The number of aryl methyl sites for hydroxylation is 1. The summed E-state index contributed by atoms with van der Waals surface area (Å²) in [5.41, 5.74) is 2.67. The first kappa shape index (κ1) is 12.6. The molecule has 1 aliphatic rings. The van der Waals surface area contributed by atoms with E-state index in [1.54, 1.807) is 0 Å². The average Bonchev–Trinajstić information content (AvgIpc) is 3.17. The number of rotatable bonds is 6. The van der Waals surface area contributed by atoms with Crippen LogP contribution in [-0.2, 0) is 0 Å². The first-order valence-electron chi connectivity index (χ1n) is 6.68. The first-order valence-corrected chi connectivity index (χ1v) is 6.68. The minimum Gasteiger partial charge on any atom is -0.395 e. The predicted octanol–water partition coefficient (Wildman–Crippen LogP) is 2.81. The van der Waals surface area contributed by atoms with E-state index in [2.05, 4.69) is 43.4 Å². The molecule has 2 unspecified atom stereocenters. The van der Waals surface area contributed by atoms with Gasteiger partial charge in [0, 0.05) is 12.1 Å². The van der Waals surface area contributed by atoms with Crippen molar-refractivity contribution < 1.29 is 5.11 Å². The van der Waals surface area contributed by atoms with E-state index in [0.717, 1.165) is 12.3 Å². The summed E-state index contributed by atoms with van der Waals surface area (Å²) >= 11 is 0. The molecule has 2 atom stereocenters. The van der Waals surface area contributed by atoms with Gasteiger partial charge in [-0.15, -0.1) is 0 Å². The highest BCUT2D eigenvalue weighted by Gasteiger charge is 2.33. The topological polar surface area (TPSA) is 32.3 Å². The lowest BCUT2D eigenvalue weighted by Gasteiger charge is -2.24. The Kier molecular flexibility index (Phi) is 4.19. The van der Waals surface area contributed by atoms with Gasteiger partial charge in [0.2, 0.25) is 0 Å². The molecule has 0 bridgehead atoms. The van der Waals surface area contributed by atoms with Crippen LogP contribution in [0.1, 0.15) is 43.4 Å². The summed E-state index contributed by atoms with van der Waals surface area (Å²) in [5, 5.41) is 12.9. The zero-order valence-corrected chi connectivity index (χ0v) is 10.8. The van der Waals surface area contributed by atoms with Gasteiger partial charge in [-0.1, -0.05) is 36.8 Å². The van der Waals surface area contributed by atoms with E-state index >= 15 is 0 Å². The summed E-state index contributed by atoms with van der Waals surface area (Å²) < 4.78 is 0. The van der Waals surface area contributed by atoms with Gasteiger partial charge in [0.05, 0.1) is 6.61 Å². The van der Waals surface area contributed by atoms with E-state index in [9.17, 15) is 5.11 Å². The summed E-state index contributed by atoms with van der Waals surface area (Å²) in [6, 6.07) is 9.43. The summed E-state index contributed by atoms with van der Waals surface area (Å²) in [5.74, 6) is 0.762. The van der Waals surface area contributed by atoms with Gasteiger partial charge in [-0.3, -0.25) is 0 Å². The number of aliphatic hydroxyl groups is 1. The van der Waals surface area contributed by atoms with Crippen LogP contribution in [0.5, 0.6) is 0 Å². The minimum absolute atomic E-state index is 0.224. The van der Waals surface area contributed by atoms with Crippen LogP contribution in [0.3, 0.4) is 0 Å². The third-order valence-corrected chi connectivity index (χ3v) is 3.66. The van der Waals surface area contributed by atoms with Crippen molar-refractivity contribution in [1.82, 2.24) is 5.32 Å². The van der Waals surface area contributed by atoms with Crippen molar-refractivity contribution in [2.24, 2.45) is 5.92 Å². The second-order valence-corrected chi connectivity index (χ2v) is 5.18. The van der Waals surface area contributed by atoms with Crippen molar-refractivity contribution in [1.29, 1.82) is 0 Å². The van der Waals surface area contributed by atoms with Gasteiger partial charge in [-0.25, -0.2) is 0 Å². The van der Waals surface area contributed by atoms with Crippen molar-refractivity contribution >= 4 is 0 Å². The molecule has 0 spiro atoms. The molecule has 2 rings (SSSR count). The highest BCUT2D eigenvalue weighted by molar-refractivity contribution is 5.25. The standard InChI is InChI=1S/C15H23NO/c1-3-14(10-17)16-15(13-8-9-13)12-6-4-11(2)5-7-12/h4-7,13-17H,3,8-10H2,1-2H3. The van der Waals surface area contributed by atoms with Crippen molar-refractivity contribution in [3.63, 3.8) is 0 Å². The maximum Gasteiger partial charge on any atom is 0.0584 e. The van der Waals surface area contributed by atoms with Crippen LogP contribution in [0.15, 0.2) is 24.3 Å². The van der Waals surface area contributed by atoms with Crippen LogP contribution in [0.4, 0.5) is 0 Å². The Labute approximate surface area is 104 Å². The lowest BCUT2D eigenvalue weighted by Crippen LogP contribution is -2.36. The lowest BCUT2D eigenvalue weighted by atomic mass is 10.00. The maximum atomic E-state index is 9.31. The van der Waals surface area contributed by atoms with Crippen LogP contribution in [0.2, 0.25) is 0 Å². The molecule has 1 saturated carbocycles. The fourth-order valence-electron chi connectivity index (χ4n) is 2.26. The highest BCUT2D eigenvalue weighted by Crippen LogP contribution is 2.41. The smallest absolute Gasteiger partial charge is 0.0584 e. The van der Waals surface area contributed by atoms with E-state index in [0.29, 0.717) is 6.04 Å². The van der Waals surface area contributed by atoms with Crippen LogP contribution in [0, 0.1) is 12.8 Å². The number of benzene rings is 1. The SMILES string of the molecule is CCC(CO)NC(c1ccc(C)cc1)C1CC1. The van der Waals surface area contributed by atoms with Crippen LogP contribution in [0.25, 0.3) is 0 Å². The molecule has 0 heterocycles. The highest BCUT2D eigenvalue weighted by atomic mass is 16.3. The number of hydrogen-bond acceptors (Lipinski definition) is 2. The van der Waals surface area contributed by atoms with Gasteiger partial charge in [0.25, 0.3) is 0 Å². The number of aliphatic hydroxyl groups excluding tert-OH is 1. The third kappa shape index (κ3) is 3.30. The van der Waals surface area contributed by atoms with Crippen molar-refractivity contribution in [3.05, 3.63) is 35.4 Å². The third-order valence-electron chi connectivity index (χ3n) is 3.66. The monoisotopic (exact) mass is 233 g/mol. The van der Waals surface area contributed by atoms with Gasteiger partial charge in [-0.2, -0.15) is 0 Å². The van der Waals surface area contributed by atoms with E-state index in [-0.39, 0.29) is 12.6 Å². The fraction of sp³-hybridized carbons (Fsp3) is 0.600. The van der Waals surface area contributed by atoms with E-state index in [1.807, 2.05) is 0 Å². The Morgan fingerprint density at radius 1 is 1.29 bits per heavy atom. The van der Waals surface area contributed by atoms with Gasteiger partial charge < -0.3 is 10.4 Å². The van der Waals surface area contributed by atoms with Gasteiger partial charge >= 0.3 is 0 Å². The van der Waals surface area contributed by atoms with Gasteiger partial charge in [0.1, 0.15) is 0 Å². The van der Waals surface area contributed by atoms with Crippen molar-refractivity contribution in [3.8, 4) is 0 Å². The quantitative estimate of drug-likeness (QED) is 0.792. The molecule has 1 aromatic rings. The molecular weight excluding hydrogens is 210 g/mol. The Morgan fingerprint density at radius 2 is 1.94 bits per heavy atom. The molecule has 0 radical (unpaired) electrons. The molecule has 0 amide bonds. The lowest BCUT2D eigenvalue weighted by molar-refractivity contribution is 0.223. The molecule has 1 aliphatic carbocycles. The summed E-state index contributed by atoms with van der Waals surface area (Å²) in [6.07, 6.45) is 3.60. The Hall–Kier alpha value is -0.860. The average molecular weight is 233 g/mol. The molecule has 17 heavy (non-hydrogen) atoms. The molecule has 1 fully saturated rings. The van der Waals surface area contributed by atoms with Crippen molar-refractivity contribution in [2.45, 2.75) is 45.2 Å². The van der Waals surface area contributed by atoms with Gasteiger partial charge in [-0.05, 0) is 37.7 Å². The largest absolute Gasteiger partial charge is 0.395 e. The first-order chi connectivity index (χ1) is 8.24. The second-order valence-electron chi connectivity index (χ2n) is 5.18. The molecule has 94 valence electrons. The van der Waals surface area contributed by atoms with Crippen LogP contribution >= 0.6 is 0 Å². The Balaban J connectivity index is 2.08. The molecule has 0 aliphatic heterocycles. The van der Waals surface area contributed by atoms with E-state index in [4.69, 9.17) is 0 Å². The molecule has 0 saturated heterocycles.